The molecule has 1 saturated carbocycles. The Balaban J connectivity index is 1.98. The Hall–Kier alpha value is -0.270. The number of nitrogens with zero attached hydrogens (tertiary/aromatic N) is 1. The van der Waals surface area contributed by atoms with Crippen molar-refractivity contribution in [2.45, 2.75) is 31.7 Å². The van der Waals surface area contributed by atoms with Gasteiger partial charge in [-0.25, -0.2) is 9.79 Å². The third-order valence-corrected chi connectivity index (χ3v) is 4.13. The molecule has 0 amide bonds. The quantitative estimate of drug-likeness (QED) is 0.459. The number of aliphatic imine (C=N–C) groups is 1. The van der Waals surface area contributed by atoms with Crippen LogP contribution in [0, 0.1) is 5.41 Å². The molecule has 0 aromatic carbocycles. The van der Waals surface area contributed by atoms with E-state index in [1.165, 1.54) is 30.8 Å². The fraction of sp³-hybridized carbons (Fsp3) is 0.889. The van der Waals surface area contributed by atoms with Crippen LogP contribution in [0.25, 0.3) is 0 Å². The van der Waals surface area contributed by atoms with E-state index in [1.54, 1.807) is 6.08 Å². The minimum atomic E-state index is 0.327. The molecule has 0 aromatic heterocycles. The van der Waals surface area contributed by atoms with Crippen LogP contribution in [0.2, 0.25) is 0 Å². The van der Waals surface area contributed by atoms with E-state index in [4.69, 9.17) is 0 Å². The van der Waals surface area contributed by atoms with Crippen molar-refractivity contribution in [3.63, 3.8) is 0 Å². The summed E-state index contributed by atoms with van der Waals surface area (Å²) in [5.41, 5.74) is 0.431. The van der Waals surface area contributed by atoms with Gasteiger partial charge in [0.15, 0.2) is 0 Å². The molecule has 0 N–H and O–H groups in total. The average molecular weight is 183 g/mol. The van der Waals surface area contributed by atoms with Crippen LogP contribution in [0.1, 0.15) is 25.7 Å². The number of thioether (sulfide) groups is 1. The molecule has 1 spiro atoms. The summed E-state index contributed by atoms with van der Waals surface area (Å²) in [7, 11) is 0. The summed E-state index contributed by atoms with van der Waals surface area (Å²) in [5, 5.41) is 0. The highest BCUT2D eigenvalue weighted by atomic mass is 32.2. The smallest absolute Gasteiger partial charge is 0.211 e. The lowest BCUT2D eigenvalue weighted by Crippen LogP contribution is -2.05. The van der Waals surface area contributed by atoms with Crippen molar-refractivity contribution < 1.29 is 4.79 Å². The number of hydrogen-bond donors (Lipinski definition) is 0. The van der Waals surface area contributed by atoms with Gasteiger partial charge in [-0.1, -0.05) is 0 Å². The molecule has 12 heavy (non-hydrogen) atoms. The van der Waals surface area contributed by atoms with Crippen molar-refractivity contribution in [2.75, 3.05) is 11.5 Å². The first-order valence-corrected chi connectivity index (χ1v) is 5.68. The van der Waals surface area contributed by atoms with E-state index >= 15 is 0 Å². The normalized spacial score (nSPS) is 40.2. The predicted molar refractivity (Wildman–Crippen MR) is 50.1 cm³/mol. The van der Waals surface area contributed by atoms with Gasteiger partial charge in [-0.05, 0) is 42.6 Å². The molecule has 1 aliphatic carbocycles. The number of carbonyl (C=O) groups excluding carboxylic acids is 1. The molecule has 2 fully saturated rings. The fourth-order valence-corrected chi connectivity index (χ4v) is 3.24. The highest BCUT2D eigenvalue weighted by Crippen LogP contribution is 2.56. The zero-order chi connectivity index (χ0) is 8.44. The lowest BCUT2D eigenvalue weighted by Gasteiger charge is -2.09. The summed E-state index contributed by atoms with van der Waals surface area (Å²) in [4.78, 5) is 13.9. The van der Waals surface area contributed by atoms with Gasteiger partial charge in [-0.15, -0.1) is 0 Å². The standard InChI is InChI=1S/C9H13NOS/c11-7-10-8-6-9(8)2-1-4-12-5-3-9/h8H,1-6H2. The predicted octanol–water partition coefficient (Wildman–Crippen LogP) is 2.00. The number of isocyanates is 1. The largest absolute Gasteiger partial charge is 0.235 e. The topological polar surface area (TPSA) is 29.4 Å². The molecular formula is C9H13NOS. The van der Waals surface area contributed by atoms with E-state index in [1.807, 2.05) is 11.8 Å². The van der Waals surface area contributed by atoms with Crippen molar-refractivity contribution in [2.24, 2.45) is 10.4 Å². The maximum Gasteiger partial charge on any atom is 0.235 e. The molecule has 0 aromatic rings. The van der Waals surface area contributed by atoms with Crippen LogP contribution < -0.4 is 0 Å². The molecule has 2 atom stereocenters. The van der Waals surface area contributed by atoms with Gasteiger partial charge < -0.3 is 0 Å². The van der Waals surface area contributed by atoms with Crippen molar-refractivity contribution >= 4 is 17.8 Å². The van der Waals surface area contributed by atoms with Crippen LogP contribution in [0.4, 0.5) is 0 Å². The number of rotatable bonds is 1. The van der Waals surface area contributed by atoms with Crippen LogP contribution in [0.15, 0.2) is 4.99 Å². The Labute approximate surface area is 76.8 Å². The van der Waals surface area contributed by atoms with Crippen molar-refractivity contribution in [3.05, 3.63) is 0 Å². The Morgan fingerprint density at radius 1 is 1.42 bits per heavy atom. The van der Waals surface area contributed by atoms with Crippen molar-refractivity contribution in [3.8, 4) is 0 Å². The monoisotopic (exact) mass is 183 g/mol. The molecule has 2 rings (SSSR count). The molecule has 2 aliphatic rings. The highest BCUT2D eigenvalue weighted by Gasteiger charge is 2.53. The second-order valence-corrected chi connectivity index (χ2v) is 4.99. The molecule has 1 aliphatic heterocycles. The van der Waals surface area contributed by atoms with E-state index in [0.29, 0.717) is 11.5 Å². The lowest BCUT2D eigenvalue weighted by atomic mass is 9.97. The van der Waals surface area contributed by atoms with E-state index in [-0.39, 0.29) is 0 Å². The Kier molecular flexibility index (Phi) is 2.24. The van der Waals surface area contributed by atoms with Gasteiger partial charge in [-0.2, -0.15) is 11.8 Å². The van der Waals surface area contributed by atoms with Gasteiger partial charge >= 0.3 is 0 Å². The molecular weight excluding hydrogens is 170 g/mol. The second kappa shape index (κ2) is 3.23. The van der Waals surface area contributed by atoms with Gasteiger partial charge in [0.05, 0.1) is 6.04 Å². The minimum Gasteiger partial charge on any atom is -0.211 e. The minimum absolute atomic E-state index is 0.327. The molecule has 0 bridgehead atoms. The van der Waals surface area contributed by atoms with Crippen LogP contribution in [0.5, 0.6) is 0 Å². The molecule has 1 heterocycles. The average Bonchev–Trinajstić information content (AvgIpc) is 2.79. The van der Waals surface area contributed by atoms with Crippen molar-refractivity contribution in [1.82, 2.24) is 0 Å². The third-order valence-electron chi connectivity index (χ3n) is 3.06. The first kappa shape index (κ1) is 8.33. The zero-order valence-corrected chi connectivity index (χ0v) is 7.90. The van der Waals surface area contributed by atoms with Crippen LogP contribution >= 0.6 is 11.8 Å². The molecule has 1 saturated heterocycles. The van der Waals surface area contributed by atoms with E-state index in [2.05, 4.69) is 4.99 Å². The lowest BCUT2D eigenvalue weighted by molar-refractivity contribution is 0.438. The second-order valence-electron chi connectivity index (χ2n) is 3.77. The van der Waals surface area contributed by atoms with E-state index < -0.39 is 0 Å². The summed E-state index contributed by atoms with van der Waals surface area (Å²) in [6, 6.07) is 0.327. The first-order valence-electron chi connectivity index (χ1n) is 4.52. The van der Waals surface area contributed by atoms with Crippen LogP contribution in [-0.4, -0.2) is 23.6 Å². The highest BCUT2D eigenvalue weighted by molar-refractivity contribution is 7.99. The first-order chi connectivity index (χ1) is 5.87. The fourth-order valence-electron chi connectivity index (χ4n) is 2.14. The zero-order valence-electron chi connectivity index (χ0n) is 7.08. The SMILES string of the molecule is O=C=NC1CC12CCCSCC2. The van der Waals surface area contributed by atoms with Crippen LogP contribution in [0.3, 0.4) is 0 Å². The molecule has 3 heteroatoms. The Morgan fingerprint density at radius 3 is 3.17 bits per heavy atom. The molecule has 0 radical (unpaired) electrons. The molecule has 2 unspecified atom stereocenters. The summed E-state index contributed by atoms with van der Waals surface area (Å²) in [6.07, 6.45) is 6.66. The molecule has 66 valence electrons. The van der Waals surface area contributed by atoms with Gasteiger partial charge in [-0.3, -0.25) is 0 Å². The van der Waals surface area contributed by atoms with Gasteiger partial charge in [0.2, 0.25) is 6.08 Å². The van der Waals surface area contributed by atoms with Crippen molar-refractivity contribution in [1.29, 1.82) is 0 Å². The summed E-state index contributed by atoms with van der Waals surface area (Å²) < 4.78 is 0. The van der Waals surface area contributed by atoms with Gasteiger partial charge in [0.1, 0.15) is 0 Å². The van der Waals surface area contributed by atoms with E-state index in [0.717, 1.165) is 6.42 Å². The summed E-state index contributed by atoms with van der Waals surface area (Å²) in [6.45, 7) is 0. The summed E-state index contributed by atoms with van der Waals surface area (Å²) >= 11 is 2.04. The molecule has 2 nitrogen and oxygen atoms in total. The maximum atomic E-state index is 10.1. The third kappa shape index (κ3) is 1.44. The van der Waals surface area contributed by atoms with Gasteiger partial charge in [0, 0.05) is 0 Å². The Morgan fingerprint density at radius 2 is 2.33 bits per heavy atom. The Bertz CT molecular complexity index is 215. The van der Waals surface area contributed by atoms with E-state index in [9.17, 15) is 4.79 Å². The van der Waals surface area contributed by atoms with Crippen LogP contribution in [-0.2, 0) is 4.79 Å². The maximum absolute atomic E-state index is 10.1. The number of hydrogen-bond acceptors (Lipinski definition) is 3. The summed E-state index contributed by atoms with van der Waals surface area (Å²) in [5.74, 6) is 2.55. The van der Waals surface area contributed by atoms with Gasteiger partial charge in [0.25, 0.3) is 0 Å².